The van der Waals surface area contributed by atoms with Crippen LogP contribution in [0.2, 0.25) is 5.02 Å². The summed E-state index contributed by atoms with van der Waals surface area (Å²) >= 11 is 11.5. The highest BCUT2D eigenvalue weighted by Gasteiger charge is 2.62. The van der Waals surface area contributed by atoms with Gasteiger partial charge in [0.25, 0.3) is 0 Å². The number of imidazole rings is 1. The van der Waals surface area contributed by atoms with E-state index < -0.39 is 0 Å². The summed E-state index contributed by atoms with van der Waals surface area (Å²) in [4.78, 5) is 3.06. The zero-order chi connectivity index (χ0) is 14.5. The number of H-pyrrole nitrogens is 1. The number of aromatic nitrogens is 2. The molecule has 1 aliphatic carbocycles. The molecule has 0 saturated heterocycles. The third-order valence-corrected chi connectivity index (χ3v) is 4.91. The van der Waals surface area contributed by atoms with Gasteiger partial charge in [0.15, 0.2) is 4.77 Å². The molecule has 2 aromatic rings. The van der Waals surface area contributed by atoms with Crippen LogP contribution in [0.5, 0.6) is 0 Å². The Kier molecular flexibility index (Phi) is 3.00. The Hall–Kier alpha value is -1.57. The van der Waals surface area contributed by atoms with E-state index in [0.29, 0.717) is 10.9 Å². The van der Waals surface area contributed by atoms with Gasteiger partial charge in [-0.15, -0.1) is 12.8 Å². The molecule has 2 nitrogen and oxygen atoms in total. The Bertz CT molecular complexity index is 761. The summed E-state index contributed by atoms with van der Waals surface area (Å²) in [5.41, 5.74) is 2.12. The molecule has 0 spiro atoms. The summed E-state index contributed by atoms with van der Waals surface area (Å²) in [5.74, 6) is 0.195. The van der Waals surface area contributed by atoms with E-state index in [1.54, 1.807) is 12.1 Å². The van der Waals surface area contributed by atoms with Crippen molar-refractivity contribution < 1.29 is 4.39 Å². The molecular weight excluding hydrogens is 295 g/mol. The number of aromatic amines is 1. The Morgan fingerprint density at radius 1 is 1.45 bits per heavy atom. The molecular formula is C15H12ClFN2S. The molecule has 0 bridgehead atoms. The number of benzene rings is 1. The molecule has 1 saturated carbocycles. The van der Waals surface area contributed by atoms with Gasteiger partial charge in [0, 0.05) is 34.8 Å². The van der Waals surface area contributed by atoms with Crippen LogP contribution in [-0.2, 0) is 12.0 Å². The fourth-order valence-electron chi connectivity index (χ4n) is 3.27. The Balaban J connectivity index is 0.000000581. The van der Waals surface area contributed by atoms with E-state index in [-0.39, 0.29) is 11.2 Å². The summed E-state index contributed by atoms with van der Waals surface area (Å²) in [6.45, 7) is 0.804. The number of nitrogens with one attached hydrogen (secondary N) is 1. The van der Waals surface area contributed by atoms with E-state index in [9.17, 15) is 4.39 Å². The zero-order valence-corrected chi connectivity index (χ0v) is 12.1. The van der Waals surface area contributed by atoms with Crippen molar-refractivity contribution in [3.8, 4) is 12.8 Å². The highest BCUT2D eigenvalue weighted by Crippen LogP contribution is 2.66. The summed E-state index contributed by atoms with van der Waals surface area (Å²) in [7, 11) is 0. The molecule has 4 rings (SSSR count). The standard InChI is InChI=1S/C13H10ClFN2S.C2H2/c14-10-2-1-7(15)3-8(10)13-4-9(13)11-5-16-12(18)17(11)6-13;1-2/h1-3,5,9H,4,6H2,(H,16,18);1-2H/t9?,13-;/m1./s1. The van der Waals surface area contributed by atoms with Crippen molar-refractivity contribution in [3.05, 3.63) is 51.3 Å². The monoisotopic (exact) mass is 306 g/mol. The first-order chi connectivity index (χ1) is 9.62. The summed E-state index contributed by atoms with van der Waals surface area (Å²) in [6.07, 6.45) is 11.0. The first-order valence-corrected chi connectivity index (χ1v) is 6.97. The van der Waals surface area contributed by atoms with Gasteiger partial charge in [0.1, 0.15) is 5.82 Å². The maximum atomic E-state index is 13.4. The minimum absolute atomic E-state index is 0.0306. The van der Waals surface area contributed by atoms with Gasteiger partial charge in [0.2, 0.25) is 0 Å². The third kappa shape index (κ3) is 1.67. The largest absolute Gasteiger partial charge is 0.337 e. The van der Waals surface area contributed by atoms with Crippen molar-refractivity contribution in [2.45, 2.75) is 24.3 Å². The van der Waals surface area contributed by atoms with Crippen LogP contribution in [0.1, 0.15) is 23.6 Å². The van der Waals surface area contributed by atoms with E-state index in [1.807, 2.05) is 6.20 Å². The second-order valence-electron chi connectivity index (χ2n) is 5.14. The van der Waals surface area contributed by atoms with E-state index in [0.717, 1.165) is 23.3 Å². The molecule has 1 N–H and O–H groups in total. The molecule has 1 fully saturated rings. The van der Waals surface area contributed by atoms with Crippen LogP contribution < -0.4 is 0 Å². The first kappa shape index (κ1) is 13.4. The molecule has 0 amide bonds. The van der Waals surface area contributed by atoms with Gasteiger partial charge in [-0.2, -0.15) is 0 Å². The average Bonchev–Trinajstić information content (AvgIpc) is 2.93. The number of terminal acetylenes is 1. The number of hydrogen-bond acceptors (Lipinski definition) is 1. The quantitative estimate of drug-likeness (QED) is 0.623. The van der Waals surface area contributed by atoms with Gasteiger partial charge < -0.3 is 9.55 Å². The second kappa shape index (κ2) is 4.47. The molecule has 20 heavy (non-hydrogen) atoms. The van der Waals surface area contributed by atoms with Crippen LogP contribution in [0.3, 0.4) is 0 Å². The van der Waals surface area contributed by atoms with Gasteiger partial charge in [-0.25, -0.2) is 4.39 Å². The highest BCUT2D eigenvalue weighted by molar-refractivity contribution is 7.71. The molecule has 2 heterocycles. The molecule has 2 atom stereocenters. The predicted molar refractivity (Wildman–Crippen MR) is 80.0 cm³/mol. The lowest BCUT2D eigenvalue weighted by atomic mass is 9.94. The van der Waals surface area contributed by atoms with Crippen LogP contribution in [0, 0.1) is 23.4 Å². The topological polar surface area (TPSA) is 20.7 Å². The lowest BCUT2D eigenvalue weighted by Crippen LogP contribution is -2.13. The summed E-state index contributed by atoms with van der Waals surface area (Å²) in [5, 5.41) is 0.652. The lowest BCUT2D eigenvalue weighted by molar-refractivity contribution is 0.570. The van der Waals surface area contributed by atoms with Crippen LogP contribution in [0.25, 0.3) is 0 Å². The second-order valence-corrected chi connectivity index (χ2v) is 5.94. The van der Waals surface area contributed by atoms with Crippen LogP contribution >= 0.6 is 23.8 Å². The average molecular weight is 307 g/mol. The normalized spacial score (nSPS) is 25.3. The molecule has 1 unspecified atom stereocenters. The van der Waals surface area contributed by atoms with Gasteiger partial charge in [-0.3, -0.25) is 0 Å². The molecule has 1 aromatic heterocycles. The van der Waals surface area contributed by atoms with Gasteiger partial charge in [-0.05, 0) is 42.4 Å². The Morgan fingerprint density at radius 2 is 2.20 bits per heavy atom. The van der Waals surface area contributed by atoms with Crippen LogP contribution in [-0.4, -0.2) is 9.55 Å². The predicted octanol–water partition coefficient (Wildman–Crippen LogP) is 4.03. The van der Waals surface area contributed by atoms with Crippen molar-refractivity contribution in [2.75, 3.05) is 0 Å². The Labute approximate surface area is 126 Å². The van der Waals surface area contributed by atoms with E-state index in [2.05, 4.69) is 22.4 Å². The first-order valence-electron chi connectivity index (χ1n) is 6.19. The van der Waals surface area contributed by atoms with Gasteiger partial charge >= 0.3 is 0 Å². The third-order valence-electron chi connectivity index (χ3n) is 4.24. The van der Waals surface area contributed by atoms with Crippen molar-refractivity contribution in [1.29, 1.82) is 0 Å². The minimum Gasteiger partial charge on any atom is -0.337 e. The number of hydrogen-bond donors (Lipinski definition) is 1. The molecule has 1 aromatic carbocycles. The smallest absolute Gasteiger partial charge is 0.177 e. The zero-order valence-electron chi connectivity index (χ0n) is 10.6. The molecule has 0 radical (unpaired) electrons. The summed E-state index contributed by atoms with van der Waals surface area (Å²) < 4.78 is 16.3. The molecule has 5 heteroatoms. The number of fused-ring (bicyclic) bond motifs is 3. The summed E-state index contributed by atoms with van der Waals surface area (Å²) in [6, 6.07) is 4.62. The van der Waals surface area contributed by atoms with Crippen molar-refractivity contribution >= 4 is 23.8 Å². The van der Waals surface area contributed by atoms with Crippen LogP contribution in [0.4, 0.5) is 4.39 Å². The fraction of sp³-hybridized carbons (Fsp3) is 0.267. The van der Waals surface area contributed by atoms with Gasteiger partial charge in [-0.1, -0.05) is 11.6 Å². The molecule has 102 valence electrons. The molecule has 2 aliphatic rings. The number of halogens is 2. The van der Waals surface area contributed by atoms with Crippen molar-refractivity contribution in [2.24, 2.45) is 0 Å². The lowest BCUT2D eigenvalue weighted by Gasteiger charge is -2.15. The number of nitrogens with zero attached hydrogens (tertiary/aromatic N) is 1. The van der Waals surface area contributed by atoms with Gasteiger partial charge in [0.05, 0.1) is 0 Å². The highest BCUT2D eigenvalue weighted by atomic mass is 35.5. The number of rotatable bonds is 1. The maximum Gasteiger partial charge on any atom is 0.177 e. The Morgan fingerprint density at radius 3 is 2.90 bits per heavy atom. The van der Waals surface area contributed by atoms with E-state index >= 15 is 0 Å². The van der Waals surface area contributed by atoms with Crippen LogP contribution in [0.15, 0.2) is 24.4 Å². The van der Waals surface area contributed by atoms with Crippen molar-refractivity contribution in [1.82, 2.24) is 9.55 Å². The van der Waals surface area contributed by atoms with E-state index in [4.69, 9.17) is 23.8 Å². The minimum atomic E-state index is -0.226. The van der Waals surface area contributed by atoms with Crippen molar-refractivity contribution in [3.63, 3.8) is 0 Å². The van der Waals surface area contributed by atoms with E-state index in [1.165, 1.54) is 11.8 Å². The molecule has 1 aliphatic heterocycles. The SMILES string of the molecule is C#C.Fc1ccc(Cl)c([C@]23CC2c2c[nH]c(=S)n2C3)c1. The fourth-order valence-corrected chi connectivity index (χ4v) is 3.81. The maximum absolute atomic E-state index is 13.4.